The molecule has 0 amide bonds. The number of rotatable bonds is 6. The van der Waals surface area contributed by atoms with Crippen molar-refractivity contribution in [2.45, 2.75) is 11.6 Å². The Kier molecular flexibility index (Phi) is 5.20. The Hall–Kier alpha value is -1.98. The Morgan fingerprint density at radius 1 is 1.17 bits per heavy atom. The molecular formula is C17H16ClN3OS. The van der Waals surface area contributed by atoms with Gasteiger partial charge in [0.2, 0.25) is 5.16 Å². The molecule has 3 rings (SSSR count). The second kappa shape index (κ2) is 7.53. The lowest BCUT2D eigenvalue weighted by molar-refractivity contribution is 0.416. The van der Waals surface area contributed by atoms with Gasteiger partial charge in [-0.05, 0) is 30.2 Å². The molecule has 0 atom stereocenters. The summed E-state index contributed by atoms with van der Waals surface area (Å²) in [5, 5.41) is 8.56. The number of H-pyrrole nitrogens is 1. The van der Waals surface area contributed by atoms with Crippen molar-refractivity contribution in [3.8, 4) is 17.1 Å². The number of ether oxygens (including phenoxy) is 1. The standard InChI is InChI=1S/C17H16ClN3OS/c1-22-15-8-7-13(18)11-14(15)16-19-17(21-20-16)23-10-9-12-5-3-2-4-6-12/h2-8,11H,9-10H2,1H3,(H,19,20,21). The van der Waals surface area contributed by atoms with Gasteiger partial charge in [-0.1, -0.05) is 53.7 Å². The third-order valence-corrected chi connectivity index (χ3v) is 4.43. The van der Waals surface area contributed by atoms with Crippen LogP contribution < -0.4 is 4.74 Å². The molecule has 0 spiro atoms. The van der Waals surface area contributed by atoms with Gasteiger partial charge in [0.1, 0.15) is 5.75 Å². The molecule has 0 bridgehead atoms. The first-order chi connectivity index (χ1) is 11.3. The number of aromatic amines is 1. The van der Waals surface area contributed by atoms with Gasteiger partial charge < -0.3 is 4.74 Å². The van der Waals surface area contributed by atoms with Gasteiger partial charge in [-0.2, -0.15) is 0 Å². The molecule has 0 aliphatic carbocycles. The van der Waals surface area contributed by atoms with Crippen molar-refractivity contribution >= 4 is 23.4 Å². The summed E-state index contributed by atoms with van der Waals surface area (Å²) in [5.41, 5.74) is 2.12. The number of thioether (sulfide) groups is 1. The number of methoxy groups -OCH3 is 1. The fourth-order valence-electron chi connectivity index (χ4n) is 2.20. The predicted molar refractivity (Wildman–Crippen MR) is 94.3 cm³/mol. The van der Waals surface area contributed by atoms with Crippen molar-refractivity contribution in [1.29, 1.82) is 0 Å². The van der Waals surface area contributed by atoms with Crippen molar-refractivity contribution in [3.05, 3.63) is 59.1 Å². The first-order valence-electron chi connectivity index (χ1n) is 7.19. The third-order valence-electron chi connectivity index (χ3n) is 3.35. The van der Waals surface area contributed by atoms with Crippen LogP contribution in [0.5, 0.6) is 5.75 Å². The molecule has 23 heavy (non-hydrogen) atoms. The summed E-state index contributed by atoms with van der Waals surface area (Å²) in [6.07, 6.45) is 0.982. The largest absolute Gasteiger partial charge is 0.496 e. The van der Waals surface area contributed by atoms with E-state index in [0.717, 1.165) is 22.9 Å². The zero-order chi connectivity index (χ0) is 16.1. The first kappa shape index (κ1) is 15.9. The van der Waals surface area contributed by atoms with Gasteiger partial charge in [-0.15, -0.1) is 5.10 Å². The highest BCUT2D eigenvalue weighted by Crippen LogP contribution is 2.31. The zero-order valence-electron chi connectivity index (χ0n) is 12.6. The summed E-state index contributed by atoms with van der Waals surface area (Å²) in [6, 6.07) is 15.8. The summed E-state index contributed by atoms with van der Waals surface area (Å²) in [5.74, 6) is 2.30. The van der Waals surface area contributed by atoms with E-state index in [1.165, 1.54) is 5.56 Å². The van der Waals surface area contributed by atoms with Crippen LogP contribution in [-0.4, -0.2) is 28.0 Å². The number of benzene rings is 2. The number of hydrogen-bond acceptors (Lipinski definition) is 4. The normalized spacial score (nSPS) is 10.7. The maximum atomic E-state index is 6.06. The topological polar surface area (TPSA) is 50.8 Å². The molecule has 0 saturated carbocycles. The summed E-state index contributed by atoms with van der Waals surface area (Å²) < 4.78 is 5.35. The van der Waals surface area contributed by atoms with Crippen LogP contribution in [0.15, 0.2) is 53.7 Å². The number of hydrogen-bond donors (Lipinski definition) is 1. The van der Waals surface area contributed by atoms with Crippen LogP contribution in [0.2, 0.25) is 5.02 Å². The average molecular weight is 346 g/mol. The highest BCUT2D eigenvalue weighted by atomic mass is 35.5. The molecule has 6 heteroatoms. The van der Waals surface area contributed by atoms with Gasteiger partial charge in [-0.3, -0.25) is 5.10 Å². The van der Waals surface area contributed by atoms with E-state index >= 15 is 0 Å². The highest BCUT2D eigenvalue weighted by Gasteiger charge is 2.12. The Morgan fingerprint density at radius 2 is 2.00 bits per heavy atom. The minimum Gasteiger partial charge on any atom is -0.496 e. The third kappa shape index (κ3) is 4.06. The summed E-state index contributed by atoms with van der Waals surface area (Å²) in [7, 11) is 1.62. The Labute approximate surface area is 144 Å². The van der Waals surface area contributed by atoms with Crippen molar-refractivity contribution in [2.75, 3.05) is 12.9 Å². The van der Waals surface area contributed by atoms with Gasteiger partial charge in [0.15, 0.2) is 5.82 Å². The molecule has 0 unspecified atom stereocenters. The SMILES string of the molecule is COc1ccc(Cl)cc1-c1nc(SCCc2ccccc2)n[nH]1. The lowest BCUT2D eigenvalue weighted by Crippen LogP contribution is -1.90. The quantitative estimate of drug-likeness (QED) is 0.670. The maximum Gasteiger partial charge on any atom is 0.208 e. The van der Waals surface area contributed by atoms with Gasteiger partial charge in [-0.25, -0.2) is 4.98 Å². The number of nitrogens with zero attached hydrogens (tertiary/aromatic N) is 2. The van der Waals surface area contributed by atoms with Crippen molar-refractivity contribution < 1.29 is 4.74 Å². The summed E-state index contributed by atoms with van der Waals surface area (Å²) >= 11 is 7.68. The highest BCUT2D eigenvalue weighted by molar-refractivity contribution is 7.99. The van der Waals surface area contributed by atoms with Crippen LogP contribution in [0.1, 0.15) is 5.56 Å². The molecular weight excluding hydrogens is 330 g/mol. The van der Waals surface area contributed by atoms with Crippen LogP contribution in [0.3, 0.4) is 0 Å². The lowest BCUT2D eigenvalue weighted by Gasteiger charge is -2.05. The van der Waals surface area contributed by atoms with Crippen LogP contribution in [0.4, 0.5) is 0 Å². The molecule has 1 heterocycles. The van der Waals surface area contributed by atoms with E-state index in [1.54, 1.807) is 24.9 Å². The number of aromatic nitrogens is 3. The number of nitrogens with one attached hydrogen (secondary N) is 1. The molecule has 4 nitrogen and oxygen atoms in total. The van der Waals surface area contributed by atoms with Crippen molar-refractivity contribution in [2.24, 2.45) is 0 Å². The molecule has 1 N–H and O–H groups in total. The van der Waals surface area contributed by atoms with Gasteiger partial charge in [0.05, 0.1) is 12.7 Å². The van der Waals surface area contributed by atoms with Crippen LogP contribution in [0.25, 0.3) is 11.4 Å². The van der Waals surface area contributed by atoms with E-state index in [2.05, 4.69) is 39.4 Å². The number of halogens is 1. The van der Waals surface area contributed by atoms with Gasteiger partial charge in [0, 0.05) is 10.8 Å². The van der Waals surface area contributed by atoms with Crippen LogP contribution >= 0.6 is 23.4 Å². The minimum absolute atomic E-state index is 0.635. The van der Waals surface area contributed by atoms with E-state index in [-0.39, 0.29) is 0 Å². The van der Waals surface area contributed by atoms with Crippen LogP contribution in [0, 0.1) is 0 Å². The van der Waals surface area contributed by atoms with Crippen LogP contribution in [-0.2, 0) is 6.42 Å². The molecule has 118 valence electrons. The first-order valence-corrected chi connectivity index (χ1v) is 8.55. The lowest BCUT2D eigenvalue weighted by atomic mass is 10.2. The average Bonchev–Trinajstić information content (AvgIpc) is 3.04. The molecule has 0 aliphatic rings. The van der Waals surface area contributed by atoms with Crippen molar-refractivity contribution in [1.82, 2.24) is 15.2 Å². The molecule has 3 aromatic rings. The Balaban J connectivity index is 1.67. The fourth-order valence-corrected chi connectivity index (χ4v) is 3.16. The molecule has 0 fully saturated rings. The van der Waals surface area contributed by atoms with Gasteiger partial charge >= 0.3 is 0 Å². The second-order valence-electron chi connectivity index (χ2n) is 4.90. The Morgan fingerprint density at radius 3 is 2.78 bits per heavy atom. The van der Waals surface area contributed by atoms with E-state index in [0.29, 0.717) is 16.6 Å². The minimum atomic E-state index is 0.635. The zero-order valence-corrected chi connectivity index (χ0v) is 14.2. The van der Waals surface area contributed by atoms with Crippen molar-refractivity contribution in [3.63, 3.8) is 0 Å². The molecule has 1 aromatic heterocycles. The van der Waals surface area contributed by atoms with Gasteiger partial charge in [0.25, 0.3) is 0 Å². The second-order valence-corrected chi connectivity index (χ2v) is 6.39. The molecule has 0 aliphatic heterocycles. The molecule has 0 radical (unpaired) electrons. The monoisotopic (exact) mass is 345 g/mol. The predicted octanol–water partition coefficient (Wildman–Crippen LogP) is 4.47. The van der Waals surface area contributed by atoms with E-state index in [9.17, 15) is 0 Å². The fraction of sp³-hybridized carbons (Fsp3) is 0.176. The smallest absolute Gasteiger partial charge is 0.208 e. The molecule has 0 saturated heterocycles. The number of aryl methyl sites for hydroxylation is 1. The molecule has 2 aromatic carbocycles. The Bertz CT molecular complexity index is 777. The van der Waals surface area contributed by atoms with E-state index in [4.69, 9.17) is 16.3 Å². The van der Waals surface area contributed by atoms with E-state index in [1.807, 2.05) is 18.2 Å². The maximum absolute atomic E-state index is 6.06. The summed E-state index contributed by atoms with van der Waals surface area (Å²) in [6.45, 7) is 0. The summed E-state index contributed by atoms with van der Waals surface area (Å²) in [4.78, 5) is 4.52. The van der Waals surface area contributed by atoms with E-state index < -0.39 is 0 Å².